The van der Waals surface area contributed by atoms with Crippen molar-refractivity contribution >= 4 is 23.0 Å². The van der Waals surface area contributed by atoms with Crippen molar-refractivity contribution in [2.75, 3.05) is 11.1 Å². The Kier molecular flexibility index (Phi) is 4.42. The van der Waals surface area contributed by atoms with E-state index in [9.17, 15) is 9.18 Å². The molecule has 0 fully saturated rings. The van der Waals surface area contributed by atoms with Crippen LogP contribution in [0.5, 0.6) is 0 Å². The van der Waals surface area contributed by atoms with E-state index in [0.29, 0.717) is 5.69 Å². The first-order valence-corrected chi connectivity index (χ1v) is 6.70. The third-order valence-electron chi connectivity index (χ3n) is 3.18. The lowest BCUT2D eigenvalue weighted by atomic mass is 10.1. The molecule has 110 valence electrons. The summed E-state index contributed by atoms with van der Waals surface area (Å²) >= 11 is 0. The van der Waals surface area contributed by atoms with Crippen LogP contribution in [-0.2, 0) is 6.42 Å². The van der Waals surface area contributed by atoms with Crippen LogP contribution in [0.3, 0.4) is 0 Å². The number of halogens is 1. The van der Waals surface area contributed by atoms with E-state index in [1.807, 2.05) is 24.3 Å². The number of anilines is 3. The van der Waals surface area contributed by atoms with E-state index in [1.54, 1.807) is 0 Å². The van der Waals surface area contributed by atoms with Crippen LogP contribution in [-0.4, -0.2) is 11.1 Å². The lowest BCUT2D eigenvalue weighted by molar-refractivity contribution is 0.0692. The third kappa shape index (κ3) is 3.31. The molecule has 0 saturated heterocycles. The molecule has 2 rings (SSSR count). The first kappa shape index (κ1) is 14.8. The molecule has 0 aromatic heterocycles. The number of para-hydroxylation sites is 1. The Morgan fingerprint density at radius 3 is 2.67 bits per heavy atom. The van der Waals surface area contributed by atoms with Gasteiger partial charge in [-0.1, -0.05) is 31.5 Å². The van der Waals surface area contributed by atoms with Crippen molar-refractivity contribution in [1.82, 2.24) is 0 Å². The number of carbonyl (C=O) groups is 1. The highest BCUT2D eigenvalue weighted by Gasteiger charge is 2.14. The Hall–Kier alpha value is -2.56. The maximum atomic E-state index is 13.8. The van der Waals surface area contributed by atoms with Crippen molar-refractivity contribution in [3.8, 4) is 0 Å². The number of aromatic carboxylic acids is 1. The van der Waals surface area contributed by atoms with E-state index in [0.717, 1.165) is 36.2 Å². The van der Waals surface area contributed by atoms with Crippen molar-refractivity contribution in [3.05, 3.63) is 53.3 Å². The number of hydrogen-bond acceptors (Lipinski definition) is 3. The summed E-state index contributed by atoms with van der Waals surface area (Å²) in [5.74, 6) is -2.15. The van der Waals surface area contributed by atoms with E-state index in [1.165, 1.54) is 0 Å². The van der Waals surface area contributed by atoms with Crippen LogP contribution in [0.25, 0.3) is 0 Å². The number of rotatable bonds is 5. The van der Waals surface area contributed by atoms with Gasteiger partial charge in [-0.25, -0.2) is 9.18 Å². The van der Waals surface area contributed by atoms with Gasteiger partial charge in [0.15, 0.2) is 0 Å². The van der Waals surface area contributed by atoms with Gasteiger partial charge in [0.25, 0.3) is 0 Å². The topological polar surface area (TPSA) is 75.3 Å². The molecule has 5 heteroatoms. The second kappa shape index (κ2) is 6.26. The number of carboxylic acid groups (broad SMARTS) is 1. The highest BCUT2D eigenvalue weighted by atomic mass is 19.1. The van der Waals surface area contributed by atoms with E-state index >= 15 is 0 Å². The van der Waals surface area contributed by atoms with Gasteiger partial charge in [-0.2, -0.15) is 0 Å². The molecule has 0 saturated carbocycles. The molecule has 4 nitrogen and oxygen atoms in total. The van der Waals surface area contributed by atoms with Crippen LogP contribution >= 0.6 is 0 Å². The van der Waals surface area contributed by atoms with Gasteiger partial charge in [0, 0.05) is 11.8 Å². The van der Waals surface area contributed by atoms with Crippen LogP contribution in [0, 0.1) is 5.82 Å². The predicted octanol–water partition coefficient (Wildman–Crippen LogP) is 3.80. The van der Waals surface area contributed by atoms with Crippen molar-refractivity contribution in [3.63, 3.8) is 0 Å². The van der Waals surface area contributed by atoms with Crippen LogP contribution in [0.4, 0.5) is 21.5 Å². The molecule has 0 radical (unpaired) electrons. The fourth-order valence-electron chi connectivity index (χ4n) is 2.14. The first-order valence-electron chi connectivity index (χ1n) is 6.70. The largest absolute Gasteiger partial charge is 0.478 e. The number of nitrogen functional groups attached to an aromatic ring is 1. The molecule has 0 unspecified atom stereocenters. The molecule has 0 spiro atoms. The second-order valence-corrected chi connectivity index (χ2v) is 4.76. The van der Waals surface area contributed by atoms with E-state index in [2.05, 4.69) is 12.2 Å². The minimum absolute atomic E-state index is 0.195. The SMILES string of the molecule is CCCc1ccccc1Nc1cc(F)c(C(=O)O)cc1N. The quantitative estimate of drug-likeness (QED) is 0.731. The number of benzene rings is 2. The average molecular weight is 288 g/mol. The van der Waals surface area contributed by atoms with Gasteiger partial charge in [0.05, 0.1) is 16.9 Å². The zero-order chi connectivity index (χ0) is 15.4. The Labute approximate surface area is 122 Å². The summed E-state index contributed by atoms with van der Waals surface area (Å²) in [6, 6.07) is 9.93. The molecule has 4 N–H and O–H groups in total. The maximum Gasteiger partial charge on any atom is 0.338 e. The molecule has 2 aromatic carbocycles. The Balaban J connectivity index is 2.36. The lowest BCUT2D eigenvalue weighted by Gasteiger charge is -2.14. The monoisotopic (exact) mass is 288 g/mol. The second-order valence-electron chi connectivity index (χ2n) is 4.76. The molecule has 2 aromatic rings. The Morgan fingerprint density at radius 2 is 2.00 bits per heavy atom. The van der Waals surface area contributed by atoms with Crippen molar-refractivity contribution in [2.45, 2.75) is 19.8 Å². The maximum absolute atomic E-state index is 13.8. The molecule has 0 amide bonds. The number of aryl methyl sites for hydroxylation is 1. The fourth-order valence-corrected chi connectivity index (χ4v) is 2.14. The number of nitrogens with two attached hydrogens (primary N) is 1. The minimum Gasteiger partial charge on any atom is -0.478 e. The molecule has 0 atom stereocenters. The fraction of sp³-hybridized carbons (Fsp3) is 0.188. The van der Waals surface area contributed by atoms with Crippen molar-refractivity contribution < 1.29 is 14.3 Å². The summed E-state index contributed by atoms with van der Waals surface area (Å²) in [5, 5.41) is 11.9. The summed E-state index contributed by atoms with van der Waals surface area (Å²) in [6.45, 7) is 2.08. The van der Waals surface area contributed by atoms with E-state index < -0.39 is 17.3 Å². The summed E-state index contributed by atoms with van der Waals surface area (Å²) in [7, 11) is 0. The van der Waals surface area contributed by atoms with Gasteiger partial charge in [-0.3, -0.25) is 0 Å². The molecular weight excluding hydrogens is 271 g/mol. The Morgan fingerprint density at radius 1 is 1.29 bits per heavy atom. The summed E-state index contributed by atoms with van der Waals surface area (Å²) in [5.41, 5.74) is 7.87. The molecule has 0 bridgehead atoms. The van der Waals surface area contributed by atoms with Crippen LogP contribution in [0.15, 0.2) is 36.4 Å². The molecule has 0 aliphatic carbocycles. The third-order valence-corrected chi connectivity index (χ3v) is 3.18. The van der Waals surface area contributed by atoms with Gasteiger partial charge < -0.3 is 16.2 Å². The Bertz CT molecular complexity index is 671. The van der Waals surface area contributed by atoms with Gasteiger partial charge >= 0.3 is 5.97 Å². The highest BCUT2D eigenvalue weighted by Crippen LogP contribution is 2.28. The summed E-state index contributed by atoms with van der Waals surface area (Å²) in [4.78, 5) is 10.9. The molecule has 0 heterocycles. The van der Waals surface area contributed by atoms with Crippen LogP contribution in [0.1, 0.15) is 29.3 Å². The van der Waals surface area contributed by atoms with Gasteiger partial charge in [-0.15, -0.1) is 0 Å². The molecule has 21 heavy (non-hydrogen) atoms. The van der Waals surface area contributed by atoms with Crippen LogP contribution in [0.2, 0.25) is 0 Å². The predicted molar refractivity (Wildman–Crippen MR) is 81.5 cm³/mol. The normalized spacial score (nSPS) is 10.4. The van der Waals surface area contributed by atoms with Crippen LogP contribution < -0.4 is 11.1 Å². The number of hydrogen-bond donors (Lipinski definition) is 3. The highest BCUT2D eigenvalue weighted by molar-refractivity contribution is 5.91. The van der Waals surface area contributed by atoms with Gasteiger partial charge in [0.1, 0.15) is 5.82 Å². The number of nitrogens with one attached hydrogen (secondary N) is 1. The zero-order valence-corrected chi connectivity index (χ0v) is 11.7. The zero-order valence-electron chi connectivity index (χ0n) is 11.7. The van der Waals surface area contributed by atoms with E-state index in [4.69, 9.17) is 10.8 Å². The first-order chi connectivity index (χ1) is 10.0. The molecular formula is C16H17FN2O2. The van der Waals surface area contributed by atoms with Gasteiger partial charge in [0.2, 0.25) is 0 Å². The molecule has 0 aliphatic heterocycles. The smallest absolute Gasteiger partial charge is 0.338 e. The number of carboxylic acids is 1. The van der Waals surface area contributed by atoms with Gasteiger partial charge in [-0.05, 0) is 24.1 Å². The van der Waals surface area contributed by atoms with E-state index in [-0.39, 0.29) is 5.69 Å². The lowest BCUT2D eigenvalue weighted by Crippen LogP contribution is -2.05. The standard InChI is InChI=1S/C16H17FN2O2/c1-2-5-10-6-3-4-7-14(10)19-15-9-12(17)11(16(20)21)8-13(15)18/h3-4,6-9,19H,2,5,18H2,1H3,(H,20,21). The summed E-state index contributed by atoms with van der Waals surface area (Å²) < 4.78 is 13.8. The minimum atomic E-state index is -1.34. The summed E-state index contributed by atoms with van der Waals surface area (Å²) in [6.07, 6.45) is 1.87. The van der Waals surface area contributed by atoms with Crippen molar-refractivity contribution in [1.29, 1.82) is 0 Å². The average Bonchev–Trinajstić information content (AvgIpc) is 2.44. The molecule has 0 aliphatic rings. The van der Waals surface area contributed by atoms with Crippen molar-refractivity contribution in [2.24, 2.45) is 0 Å².